The van der Waals surface area contributed by atoms with E-state index in [-0.39, 0.29) is 19.4 Å². The first-order chi connectivity index (χ1) is 9.82. The van der Waals surface area contributed by atoms with Gasteiger partial charge in [-0.05, 0) is 32.1 Å². The number of likely N-dealkylation sites (tertiary alicyclic amines) is 1. The van der Waals surface area contributed by atoms with E-state index in [1.54, 1.807) is 0 Å². The molecule has 120 valence electrons. The lowest BCUT2D eigenvalue weighted by Crippen LogP contribution is -2.52. The highest BCUT2D eigenvalue weighted by molar-refractivity contribution is 5.85. The molecule has 1 saturated heterocycles. The van der Waals surface area contributed by atoms with Gasteiger partial charge in [-0.3, -0.25) is 4.79 Å². The molecular weight excluding hydrogens is 287 g/mol. The monoisotopic (exact) mass is 307 g/mol. The Morgan fingerprint density at radius 2 is 1.62 bits per heavy atom. The molecule has 1 aliphatic carbocycles. The number of amides is 1. The van der Waals surface area contributed by atoms with Crippen LogP contribution in [0.1, 0.15) is 44.9 Å². The first-order valence-electron chi connectivity index (χ1n) is 7.42. The van der Waals surface area contributed by atoms with Gasteiger partial charge in [-0.2, -0.15) is 13.2 Å². The summed E-state index contributed by atoms with van der Waals surface area (Å²) in [7, 11) is 0. The van der Waals surface area contributed by atoms with Crippen LogP contribution in [-0.2, 0) is 9.59 Å². The average molecular weight is 307 g/mol. The summed E-state index contributed by atoms with van der Waals surface area (Å²) in [5.41, 5.74) is 0. The number of piperidine rings is 1. The maximum absolute atomic E-state index is 13.1. The van der Waals surface area contributed by atoms with Crippen LogP contribution in [0.4, 0.5) is 13.2 Å². The van der Waals surface area contributed by atoms with E-state index in [1.165, 1.54) is 4.90 Å². The molecular formula is C14H20F3NO3. The molecule has 1 aliphatic heterocycles. The summed E-state index contributed by atoms with van der Waals surface area (Å²) in [5, 5.41) is 9.17. The van der Waals surface area contributed by atoms with E-state index in [2.05, 4.69) is 0 Å². The highest BCUT2D eigenvalue weighted by Crippen LogP contribution is 2.42. The molecule has 4 nitrogen and oxygen atoms in total. The molecule has 0 radical (unpaired) electrons. The second-order valence-corrected chi connectivity index (χ2v) is 5.92. The van der Waals surface area contributed by atoms with Crippen molar-refractivity contribution < 1.29 is 27.9 Å². The molecule has 7 heteroatoms. The van der Waals surface area contributed by atoms with Crippen molar-refractivity contribution in [1.29, 1.82) is 0 Å². The number of alkyl halides is 3. The van der Waals surface area contributed by atoms with Crippen molar-refractivity contribution in [3.05, 3.63) is 0 Å². The van der Waals surface area contributed by atoms with Gasteiger partial charge in [0.25, 0.3) is 0 Å². The van der Waals surface area contributed by atoms with Crippen LogP contribution >= 0.6 is 0 Å². The molecule has 21 heavy (non-hydrogen) atoms. The molecule has 2 fully saturated rings. The molecule has 1 N–H and O–H groups in total. The molecule has 1 heterocycles. The third-order valence-electron chi connectivity index (χ3n) is 4.57. The normalized spacial score (nSPS) is 31.0. The Bertz CT molecular complexity index is 411. The lowest BCUT2D eigenvalue weighted by molar-refractivity contribution is -0.202. The first kappa shape index (κ1) is 16.1. The van der Waals surface area contributed by atoms with E-state index in [0.717, 1.165) is 0 Å². The fraction of sp³-hybridized carbons (Fsp3) is 0.857. The summed E-state index contributed by atoms with van der Waals surface area (Å²) in [6, 6.07) is -0.970. The maximum Gasteiger partial charge on any atom is 0.392 e. The SMILES string of the molecule is O=C(O)[C@H]1CCCCN1C(=O)C1CCCCC1C(F)(F)F. The van der Waals surface area contributed by atoms with Gasteiger partial charge in [-0.15, -0.1) is 0 Å². The van der Waals surface area contributed by atoms with E-state index in [9.17, 15) is 22.8 Å². The Kier molecular flexibility index (Phi) is 4.78. The van der Waals surface area contributed by atoms with Gasteiger partial charge in [0.15, 0.2) is 0 Å². The van der Waals surface area contributed by atoms with Gasteiger partial charge in [-0.1, -0.05) is 12.8 Å². The number of carboxylic acid groups (broad SMARTS) is 1. The largest absolute Gasteiger partial charge is 0.480 e. The zero-order valence-electron chi connectivity index (χ0n) is 11.7. The summed E-state index contributed by atoms with van der Waals surface area (Å²) < 4.78 is 39.3. The summed E-state index contributed by atoms with van der Waals surface area (Å²) in [6.07, 6.45) is -1.50. The van der Waals surface area contributed by atoms with Gasteiger partial charge in [0, 0.05) is 12.5 Å². The molecule has 2 unspecified atom stereocenters. The summed E-state index contributed by atoms with van der Waals surface area (Å²) >= 11 is 0. The van der Waals surface area contributed by atoms with Crippen LogP contribution in [0.25, 0.3) is 0 Å². The zero-order valence-corrected chi connectivity index (χ0v) is 11.7. The molecule has 1 saturated carbocycles. The Morgan fingerprint density at radius 3 is 2.24 bits per heavy atom. The summed E-state index contributed by atoms with van der Waals surface area (Å²) in [6.45, 7) is 0.247. The Balaban J connectivity index is 2.17. The van der Waals surface area contributed by atoms with Crippen molar-refractivity contribution in [3.8, 4) is 0 Å². The van der Waals surface area contributed by atoms with E-state index in [0.29, 0.717) is 32.1 Å². The highest BCUT2D eigenvalue weighted by Gasteiger charge is 2.50. The van der Waals surface area contributed by atoms with Gasteiger partial charge in [0.2, 0.25) is 5.91 Å². The second kappa shape index (κ2) is 6.23. The van der Waals surface area contributed by atoms with Gasteiger partial charge < -0.3 is 10.0 Å². The maximum atomic E-state index is 13.1. The molecule has 0 spiro atoms. The topological polar surface area (TPSA) is 57.6 Å². The molecule has 2 aliphatic rings. The number of hydrogen-bond donors (Lipinski definition) is 1. The van der Waals surface area contributed by atoms with Gasteiger partial charge in [0.05, 0.1) is 5.92 Å². The van der Waals surface area contributed by atoms with E-state index >= 15 is 0 Å². The van der Waals surface area contributed by atoms with Gasteiger partial charge >= 0.3 is 12.1 Å². The zero-order chi connectivity index (χ0) is 15.6. The smallest absolute Gasteiger partial charge is 0.392 e. The fourth-order valence-electron chi connectivity index (χ4n) is 3.48. The minimum atomic E-state index is -4.39. The van der Waals surface area contributed by atoms with E-state index < -0.39 is 35.9 Å². The van der Waals surface area contributed by atoms with Crippen LogP contribution in [0, 0.1) is 11.8 Å². The Morgan fingerprint density at radius 1 is 1.00 bits per heavy atom. The third-order valence-corrected chi connectivity index (χ3v) is 4.57. The Hall–Kier alpha value is -1.27. The molecule has 1 amide bonds. The van der Waals surface area contributed by atoms with Gasteiger partial charge in [0.1, 0.15) is 6.04 Å². The minimum Gasteiger partial charge on any atom is -0.480 e. The van der Waals surface area contributed by atoms with Crippen LogP contribution in [0.15, 0.2) is 0 Å². The number of rotatable bonds is 2. The molecule has 3 atom stereocenters. The van der Waals surface area contributed by atoms with Crippen molar-refractivity contribution in [2.75, 3.05) is 6.54 Å². The van der Waals surface area contributed by atoms with Crippen LogP contribution in [-0.4, -0.2) is 40.6 Å². The van der Waals surface area contributed by atoms with Crippen molar-refractivity contribution in [1.82, 2.24) is 4.90 Å². The molecule has 0 aromatic rings. The Labute approximate surface area is 121 Å². The number of aliphatic carboxylic acids is 1. The van der Waals surface area contributed by atoms with Crippen LogP contribution in [0.2, 0.25) is 0 Å². The van der Waals surface area contributed by atoms with E-state index in [4.69, 9.17) is 5.11 Å². The predicted octanol–water partition coefficient (Wildman–Crippen LogP) is 2.82. The number of halogens is 3. The third kappa shape index (κ3) is 3.49. The lowest BCUT2D eigenvalue weighted by atomic mass is 9.77. The molecule has 0 aromatic heterocycles. The number of carbonyl (C=O) groups excluding carboxylic acids is 1. The second-order valence-electron chi connectivity index (χ2n) is 5.92. The number of carbonyl (C=O) groups is 2. The minimum absolute atomic E-state index is 0.0362. The number of nitrogens with zero attached hydrogens (tertiary/aromatic N) is 1. The van der Waals surface area contributed by atoms with Crippen molar-refractivity contribution in [3.63, 3.8) is 0 Å². The van der Waals surface area contributed by atoms with Gasteiger partial charge in [-0.25, -0.2) is 4.79 Å². The predicted molar refractivity (Wildman–Crippen MR) is 68.5 cm³/mol. The average Bonchev–Trinajstić information content (AvgIpc) is 2.45. The van der Waals surface area contributed by atoms with E-state index in [1.807, 2.05) is 0 Å². The first-order valence-corrected chi connectivity index (χ1v) is 7.42. The summed E-state index contributed by atoms with van der Waals surface area (Å²) in [5.74, 6) is -4.49. The van der Waals surface area contributed by atoms with Crippen LogP contribution in [0.3, 0.4) is 0 Å². The van der Waals surface area contributed by atoms with Crippen LogP contribution in [0.5, 0.6) is 0 Å². The number of carboxylic acids is 1. The molecule has 0 bridgehead atoms. The number of hydrogen-bond acceptors (Lipinski definition) is 2. The molecule has 0 aromatic carbocycles. The lowest BCUT2D eigenvalue weighted by Gasteiger charge is -2.39. The van der Waals surface area contributed by atoms with Crippen molar-refractivity contribution in [2.45, 2.75) is 57.2 Å². The molecule has 2 rings (SSSR count). The highest BCUT2D eigenvalue weighted by atomic mass is 19.4. The quantitative estimate of drug-likeness (QED) is 0.853. The standard InChI is InChI=1S/C14H20F3NO3/c15-14(16,17)10-6-2-1-5-9(10)12(19)18-8-4-3-7-11(18)13(20)21/h9-11H,1-8H2,(H,20,21)/t9?,10?,11-/m1/s1. The fourth-order valence-corrected chi connectivity index (χ4v) is 3.48. The summed E-state index contributed by atoms with van der Waals surface area (Å²) in [4.78, 5) is 24.9. The van der Waals surface area contributed by atoms with Crippen molar-refractivity contribution in [2.24, 2.45) is 11.8 Å². The van der Waals surface area contributed by atoms with Crippen LogP contribution < -0.4 is 0 Å². The van der Waals surface area contributed by atoms with Crippen molar-refractivity contribution >= 4 is 11.9 Å².